The van der Waals surface area contributed by atoms with E-state index in [1.807, 2.05) is 18.3 Å². The van der Waals surface area contributed by atoms with Crippen molar-refractivity contribution in [2.24, 2.45) is 5.92 Å². The van der Waals surface area contributed by atoms with Crippen LogP contribution in [-0.2, 0) is 17.6 Å². The summed E-state index contributed by atoms with van der Waals surface area (Å²) in [6.07, 6.45) is 7.42. The Balaban J connectivity index is 1.49. The van der Waals surface area contributed by atoms with Crippen LogP contribution in [0.25, 0.3) is 15.7 Å². The first-order chi connectivity index (χ1) is 15.6. The average molecular weight is 453 g/mol. The molecule has 10 heteroatoms. The number of thiophene rings is 1. The van der Waals surface area contributed by atoms with Crippen molar-refractivity contribution in [3.63, 3.8) is 0 Å². The lowest BCUT2D eigenvalue weighted by molar-refractivity contribution is -0.135. The first-order valence-electron chi connectivity index (χ1n) is 10.5. The van der Waals surface area contributed by atoms with Gasteiger partial charge in [0.15, 0.2) is 5.75 Å². The number of ether oxygens (including phenoxy) is 1. The zero-order chi connectivity index (χ0) is 22.2. The molecule has 0 radical (unpaired) electrons. The summed E-state index contributed by atoms with van der Waals surface area (Å²) >= 11 is 1.63. The van der Waals surface area contributed by atoms with E-state index in [0.717, 1.165) is 40.1 Å². The van der Waals surface area contributed by atoms with Gasteiger partial charge in [0, 0.05) is 30.6 Å². The third-order valence-electron chi connectivity index (χ3n) is 5.99. The number of carbonyl (C=O) groups excluding carboxylic acids is 1. The van der Waals surface area contributed by atoms with Gasteiger partial charge in [-0.25, -0.2) is 14.5 Å². The molecule has 1 aliphatic carbocycles. The van der Waals surface area contributed by atoms with E-state index < -0.39 is 0 Å². The Labute approximate surface area is 188 Å². The van der Waals surface area contributed by atoms with Crippen molar-refractivity contribution in [1.82, 2.24) is 24.5 Å². The largest absolute Gasteiger partial charge is 0.492 e. The van der Waals surface area contributed by atoms with E-state index in [4.69, 9.17) is 9.84 Å². The fraction of sp³-hybridized carbons (Fsp3) is 0.364. The van der Waals surface area contributed by atoms with E-state index in [0.29, 0.717) is 18.7 Å². The van der Waals surface area contributed by atoms with Crippen molar-refractivity contribution in [3.05, 3.63) is 41.3 Å². The lowest BCUT2D eigenvalue weighted by Crippen LogP contribution is -2.37. The number of carbonyl (C=O) groups is 1. The summed E-state index contributed by atoms with van der Waals surface area (Å²) in [5, 5.41) is 17.9. The highest BCUT2D eigenvalue weighted by molar-refractivity contribution is 7.19. The molecule has 0 aliphatic heterocycles. The highest BCUT2D eigenvalue weighted by Gasteiger charge is 2.30. The Bertz CT molecular complexity index is 1300. The molecule has 4 aromatic heterocycles. The van der Waals surface area contributed by atoms with Crippen LogP contribution in [0.2, 0.25) is 0 Å². The molecule has 166 valence electrons. The number of aryl methyl sites for hydroxylation is 1. The Kier molecular flexibility index (Phi) is 5.40. The van der Waals surface area contributed by atoms with Gasteiger partial charge in [-0.3, -0.25) is 4.79 Å². The predicted molar refractivity (Wildman–Crippen MR) is 123 cm³/mol. The van der Waals surface area contributed by atoms with Gasteiger partial charge in [0.2, 0.25) is 5.91 Å². The average Bonchev–Trinajstić information content (AvgIpc) is 3.43. The van der Waals surface area contributed by atoms with Crippen LogP contribution in [0.3, 0.4) is 0 Å². The van der Waals surface area contributed by atoms with E-state index in [9.17, 15) is 4.79 Å². The van der Waals surface area contributed by atoms with E-state index in [-0.39, 0.29) is 18.4 Å². The van der Waals surface area contributed by atoms with Crippen molar-refractivity contribution >= 4 is 44.5 Å². The number of nitrogens with zero attached hydrogens (tertiary/aromatic N) is 5. The Hall–Kier alpha value is -3.24. The third kappa shape index (κ3) is 3.45. The number of aromatic nitrogens is 4. The minimum Gasteiger partial charge on any atom is -0.492 e. The molecule has 5 rings (SSSR count). The van der Waals surface area contributed by atoms with Crippen LogP contribution in [0.1, 0.15) is 16.9 Å². The summed E-state index contributed by atoms with van der Waals surface area (Å²) in [6, 6.07) is 3.81. The summed E-state index contributed by atoms with van der Waals surface area (Å²) in [5.74, 6) is 1.45. The van der Waals surface area contributed by atoms with Gasteiger partial charge < -0.3 is 20.1 Å². The maximum atomic E-state index is 12.7. The summed E-state index contributed by atoms with van der Waals surface area (Å²) in [6.45, 7) is 0.333. The number of pyridine rings is 1. The van der Waals surface area contributed by atoms with Crippen molar-refractivity contribution in [3.8, 4) is 5.75 Å². The van der Waals surface area contributed by atoms with Gasteiger partial charge in [-0.2, -0.15) is 5.10 Å². The molecule has 0 bridgehead atoms. The number of nitrogens with one attached hydrogen (secondary N) is 1. The van der Waals surface area contributed by atoms with Crippen LogP contribution in [0, 0.1) is 5.92 Å². The molecular weight excluding hydrogens is 428 g/mol. The molecule has 9 nitrogen and oxygen atoms in total. The molecule has 0 saturated heterocycles. The molecule has 0 saturated carbocycles. The molecule has 1 amide bonds. The Morgan fingerprint density at radius 2 is 2.28 bits per heavy atom. The zero-order valence-electron chi connectivity index (χ0n) is 17.9. The number of hydrogen-bond acceptors (Lipinski definition) is 8. The maximum Gasteiger partial charge on any atom is 0.225 e. The Morgan fingerprint density at radius 1 is 1.41 bits per heavy atom. The first-order valence-corrected chi connectivity index (χ1v) is 11.3. The molecule has 0 spiro atoms. The quantitative estimate of drug-likeness (QED) is 0.463. The SMILES string of the molecule is COc1c(Nc2ncnc3sc4c(c23)CC[C@H](C(=O)N(C)CCO)C4)ccn2nccc12. The molecule has 0 unspecified atom stereocenters. The van der Waals surface area contributed by atoms with Crippen LogP contribution in [0.4, 0.5) is 11.5 Å². The number of amides is 1. The van der Waals surface area contributed by atoms with Crippen LogP contribution < -0.4 is 10.1 Å². The van der Waals surface area contributed by atoms with Gasteiger partial charge in [0.1, 0.15) is 22.5 Å². The van der Waals surface area contributed by atoms with Crippen LogP contribution in [0.5, 0.6) is 5.75 Å². The fourth-order valence-electron chi connectivity index (χ4n) is 4.40. The fourth-order valence-corrected chi connectivity index (χ4v) is 5.67. The summed E-state index contributed by atoms with van der Waals surface area (Å²) < 4.78 is 7.41. The van der Waals surface area contributed by atoms with Gasteiger partial charge in [0.05, 0.1) is 31.0 Å². The molecule has 1 atom stereocenters. The molecule has 0 fully saturated rings. The lowest BCUT2D eigenvalue weighted by Gasteiger charge is -2.26. The molecule has 2 N–H and O–H groups in total. The van der Waals surface area contributed by atoms with E-state index >= 15 is 0 Å². The van der Waals surface area contributed by atoms with Crippen LogP contribution in [0.15, 0.2) is 30.9 Å². The number of aliphatic hydroxyl groups excluding tert-OH is 1. The van der Waals surface area contributed by atoms with Crippen molar-refractivity contribution in [2.45, 2.75) is 19.3 Å². The summed E-state index contributed by atoms with van der Waals surface area (Å²) in [4.78, 5) is 25.5. The number of rotatable bonds is 6. The number of anilines is 2. The second kappa shape index (κ2) is 8.36. The van der Waals surface area contributed by atoms with Gasteiger partial charge in [-0.1, -0.05) is 0 Å². The van der Waals surface area contributed by atoms with Gasteiger partial charge in [0.25, 0.3) is 0 Å². The van der Waals surface area contributed by atoms with Crippen molar-refractivity contribution in [2.75, 3.05) is 32.6 Å². The minimum absolute atomic E-state index is 0.0255. The number of likely N-dealkylation sites (N-methyl/N-ethyl adjacent to an activating group) is 1. The first kappa shape index (κ1) is 20.7. The molecular formula is C22H24N6O3S. The van der Waals surface area contributed by atoms with Gasteiger partial charge in [-0.15, -0.1) is 11.3 Å². The summed E-state index contributed by atoms with van der Waals surface area (Å²) in [7, 11) is 3.39. The smallest absolute Gasteiger partial charge is 0.225 e. The second-order valence-electron chi connectivity index (χ2n) is 7.88. The highest BCUT2D eigenvalue weighted by Crippen LogP contribution is 2.41. The zero-order valence-corrected chi connectivity index (χ0v) is 18.7. The molecule has 4 heterocycles. The van der Waals surface area contributed by atoms with Crippen molar-refractivity contribution < 1.29 is 14.6 Å². The van der Waals surface area contributed by atoms with E-state index in [1.165, 1.54) is 10.4 Å². The van der Waals surface area contributed by atoms with Crippen molar-refractivity contribution in [1.29, 1.82) is 0 Å². The number of fused-ring (bicyclic) bond motifs is 4. The minimum atomic E-state index is -0.0687. The van der Waals surface area contributed by atoms with E-state index in [2.05, 4.69) is 20.4 Å². The monoisotopic (exact) mass is 452 g/mol. The van der Waals surface area contributed by atoms with Gasteiger partial charge in [-0.05, 0) is 37.0 Å². The normalized spacial score (nSPS) is 15.7. The molecule has 32 heavy (non-hydrogen) atoms. The molecule has 0 aromatic carbocycles. The van der Waals surface area contributed by atoms with Gasteiger partial charge >= 0.3 is 0 Å². The van der Waals surface area contributed by atoms with E-state index in [1.54, 1.807) is 47.4 Å². The number of aliphatic hydroxyl groups is 1. The van der Waals surface area contributed by atoms with Crippen LogP contribution in [-0.4, -0.2) is 62.8 Å². The standard InChI is InChI=1S/C22H24N6O3S/c1-27(9-10-29)22(30)13-3-4-14-17(11-13)32-21-18(14)20(23-12-24-21)26-15-6-8-28-16(5-7-25-28)19(15)31-2/h5-8,12-13,29H,3-4,9-11H2,1-2H3,(H,23,24,26)/t13-/m0/s1. The molecule has 1 aliphatic rings. The lowest BCUT2D eigenvalue weighted by atomic mass is 9.87. The van der Waals surface area contributed by atoms with Crippen LogP contribution >= 0.6 is 11.3 Å². The summed E-state index contributed by atoms with van der Waals surface area (Å²) in [5.41, 5.74) is 2.88. The second-order valence-corrected chi connectivity index (χ2v) is 8.96. The third-order valence-corrected chi connectivity index (χ3v) is 7.16. The highest BCUT2D eigenvalue weighted by atomic mass is 32.1. The topological polar surface area (TPSA) is 105 Å². The Morgan fingerprint density at radius 3 is 3.09 bits per heavy atom. The number of hydrogen-bond donors (Lipinski definition) is 2. The molecule has 4 aromatic rings. The number of methoxy groups -OCH3 is 1. The maximum absolute atomic E-state index is 12.7. The predicted octanol–water partition coefficient (Wildman–Crippen LogP) is 2.65.